The molecule has 7 nitrogen and oxygen atoms in total. The van der Waals surface area contributed by atoms with E-state index in [9.17, 15) is 31.2 Å². The average Bonchev–Trinajstić information content (AvgIpc) is 2.91. The van der Waals surface area contributed by atoms with Gasteiger partial charge in [-0.1, -0.05) is 56.5 Å². The van der Waals surface area contributed by atoms with Crippen LogP contribution in [0.15, 0.2) is 48.5 Å². The normalized spacial score (nSPS) is 15.3. The quantitative estimate of drug-likeness (QED) is 0.335. The topological polar surface area (TPSA) is 86.8 Å². The lowest BCUT2D eigenvalue weighted by molar-refractivity contribution is -0.141. The lowest BCUT2D eigenvalue weighted by atomic mass is 9.95. The molecule has 0 heterocycles. The Balaban J connectivity index is 1.79. The van der Waals surface area contributed by atoms with Gasteiger partial charge in [-0.3, -0.25) is 13.9 Å². The number of hydrogen-bond acceptors (Lipinski definition) is 4. The Kier molecular flexibility index (Phi) is 11.2. The van der Waals surface area contributed by atoms with Crippen LogP contribution < -0.4 is 9.62 Å². The van der Waals surface area contributed by atoms with Gasteiger partial charge in [-0.15, -0.1) is 0 Å². The molecule has 11 heteroatoms. The van der Waals surface area contributed by atoms with E-state index in [2.05, 4.69) is 5.32 Å². The molecule has 0 saturated heterocycles. The van der Waals surface area contributed by atoms with Crippen molar-refractivity contribution in [2.24, 2.45) is 0 Å². The molecule has 1 N–H and O–H groups in total. The summed E-state index contributed by atoms with van der Waals surface area (Å²) in [6.45, 7) is 3.81. The van der Waals surface area contributed by atoms with Crippen LogP contribution in [0.2, 0.25) is 0 Å². The zero-order chi connectivity index (χ0) is 30.2. The minimum absolute atomic E-state index is 0.0626. The van der Waals surface area contributed by atoms with E-state index in [0.717, 1.165) is 72.0 Å². The molecule has 1 saturated carbocycles. The fourth-order valence-electron chi connectivity index (χ4n) is 5.28. The summed E-state index contributed by atoms with van der Waals surface area (Å²) in [5.74, 6) is -0.528. The summed E-state index contributed by atoms with van der Waals surface area (Å²) in [6.07, 6.45) is 1.74. The van der Waals surface area contributed by atoms with Crippen LogP contribution in [0.25, 0.3) is 0 Å². The molecule has 0 spiro atoms. The Hall–Kier alpha value is -3.08. The SMILES string of the molecule is CC[C@H](C(=O)NC1CCCCC1)N(Cc1ccccc1C)C(=O)CCCN(c1cccc(C(F)(F)F)c1)S(C)(=O)=O. The van der Waals surface area contributed by atoms with E-state index in [1.165, 1.54) is 6.07 Å². The first-order chi connectivity index (χ1) is 19.3. The van der Waals surface area contributed by atoms with Crippen molar-refractivity contribution in [1.29, 1.82) is 0 Å². The first-order valence-corrected chi connectivity index (χ1v) is 16.0. The van der Waals surface area contributed by atoms with Crippen LogP contribution in [-0.2, 0) is 32.3 Å². The van der Waals surface area contributed by atoms with E-state index in [1.54, 1.807) is 4.90 Å². The third kappa shape index (κ3) is 9.21. The Bertz CT molecular complexity index is 1290. The van der Waals surface area contributed by atoms with Gasteiger partial charge in [-0.05, 0) is 61.9 Å². The van der Waals surface area contributed by atoms with Crippen molar-refractivity contribution in [2.75, 3.05) is 17.1 Å². The molecule has 2 aromatic carbocycles. The zero-order valence-electron chi connectivity index (χ0n) is 23.9. The molecule has 1 aliphatic carbocycles. The van der Waals surface area contributed by atoms with Gasteiger partial charge in [-0.25, -0.2) is 8.42 Å². The highest BCUT2D eigenvalue weighted by Crippen LogP contribution is 2.32. The summed E-state index contributed by atoms with van der Waals surface area (Å²) >= 11 is 0. The summed E-state index contributed by atoms with van der Waals surface area (Å²) in [5.41, 5.74) is 0.788. The molecule has 2 amide bonds. The second kappa shape index (κ2) is 14.2. The molecule has 3 rings (SSSR count). The molecule has 1 fully saturated rings. The summed E-state index contributed by atoms with van der Waals surface area (Å²) in [5, 5.41) is 3.13. The largest absolute Gasteiger partial charge is 0.416 e. The molecule has 1 aliphatic rings. The van der Waals surface area contributed by atoms with Crippen LogP contribution in [0.5, 0.6) is 0 Å². The maximum Gasteiger partial charge on any atom is 0.416 e. The van der Waals surface area contributed by atoms with Gasteiger partial charge in [0.25, 0.3) is 0 Å². The van der Waals surface area contributed by atoms with Crippen molar-refractivity contribution in [1.82, 2.24) is 10.2 Å². The van der Waals surface area contributed by atoms with Gasteiger partial charge in [-0.2, -0.15) is 13.2 Å². The maximum atomic E-state index is 13.6. The molecular formula is C30H40F3N3O4S. The third-order valence-electron chi connectivity index (χ3n) is 7.55. The zero-order valence-corrected chi connectivity index (χ0v) is 24.7. The van der Waals surface area contributed by atoms with Crippen molar-refractivity contribution in [2.45, 2.75) is 90.0 Å². The fraction of sp³-hybridized carbons (Fsp3) is 0.533. The first kappa shape index (κ1) is 32.4. The highest BCUT2D eigenvalue weighted by molar-refractivity contribution is 7.92. The van der Waals surface area contributed by atoms with Crippen molar-refractivity contribution in [3.63, 3.8) is 0 Å². The predicted octanol–water partition coefficient (Wildman–Crippen LogP) is 5.82. The number of anilines is 1. The Morgan fingerprint density at radius 3 is 2.34 bits per heavy atom. The molecule has 0 unspecified atom stereocenters. The summed E-state index contributed by atoms with van der Waals surface area (Å²) < 4.78 is 65.7. The van der Waals surface area contributed by atoms with E-state index in [-0.39, 0.29) is 49.5 Å². The lowest BCUT2D eigenvalue weighted by Crippen LogP contribution is -2.51. The molecular weight excluding hydrogens is 555 g/mol. The van der Waals surface area contributed by atoms with Crippen molar-refractivity contribution < 1.29 is 31.2 Å². The van der Waals surface area contributed by atoms with Gasteiger partial charge in [0.15, 0.2) is 0 Å². The second-order valence-corrected chi connectivity index (χ2v) is 12.6. The number of halogens is 3. The number of nitrogens with one attached hydrogen (secondary N) is 1. The van der Waals surface area contributed by atoms with Crippen LogP contribution in [0.3, 0.4) is 0 Å². The Labute approximate surface area is 241 Å². The highest BCUT2D eigenvalue weighted by atomic mass is 32.2. The number of benzene rings is 2. The van der Waals surface area contributed by atoms with E-state index >= 15 is 0 Å². The van der Waals surface area contributed by atoms with Crippen LogP contribution in [0, 0.1) is 6.92 Å². The molecule has 226 valence electrons. The number of nitrogens with zero attached hydrogens (tertiary/aromatic N) is 2. The number of aryl methyl sites for hydroxylation is 1. The minimum atomic E-state index is -4.63. The molecule has 0 bridgehead atoms. The Morgan fingerprint density at radius 1 is 1.05 bits per heavy atom. The molecule has 0 aromatic heterocycles. The van der Waals surface area contributed by atoms with Gasteiger partial charge in [0.2, 0.25) is 21.8 Å². The number of sulfonamides is 1. The summed E-state index contributed by atoms with van der Waals surface area (Å²) in [7, 11) is -3.93. The monoisotopic (exact) mass is 595 g/mol. The predicted molar refractivity (Wildman–Crippen MR) is 154 cm³/mol. The Morgan fingerprint density at radius 2 is 1.73 bits per heavy atom. The van der Waals surface area contributed by atoms with Crippen LogP contribution in [0.4, 0.5) is 18.9 Å². The van der Waals surface area contributed by atoms with Crippen molar-refractivity contribution >= 4 is 27.5 Å². The van der Waals surface area contributed by atoms with Crippen LogP contribution >= 0.6 is 0 Å². The van der Waals surface area contributed by atoms with Gasteiger partial charge in [0.1, 0.15) is 6.04 Å². The van der Waals surface area contributed by atoms with Crippen molar-refractivity contribution in [3.05, 3.63) is 65.2 Å². The molecule has 0 aliphatic heterocycles. The van der Waals surface area contributed by atoms with Crippen LogP contribution in [-0.4, -0.2) is 50.0 Å². The van der Waals surface area contributed by atoms with Gasteiger partial charge in [0.05, 0.1) is 17.5 Å². The van der Waals surface area contributed by atoms with Gasteiger partial charge >= 0.3 is 6.18 Å². The fourth-order valence-corrected chi connectivity index (χ4v) is 6.23. The summed E-state index contributed by atoms with van der Waals surface area (Å²) in [4.78, 5) is 28.6. The standard InChI is InChI=1S/C30H40F3N3O4S/c1-4-27(29(38)34-25-15-6-5-7-16-25)35(21-23-13-9-8-12-22(23)2)28(37)18-11-19-36(41(3,39)40)26-17-10-14-24(20-26)30(31,32)33/h8-10,12-14,17,20,25,27H,4-7,11,15-16,18-19,21H2,1-3H3,(H,34,38)/t27-/m1/s1. The molecule has 0 radical (unpaired) electrons. The smallest absolute Gasteiger partial charge is 0.352 e. The van der Waals surface area contributed by atoms with E-state index < -0.39 is 27.8 Å². The number of carbonyl (C=O) groups excluding carboxylic acids is 2. The maximum absolute atomic E-state index is 13.6. The minimum Gasteiger partial charge on any atom is -0.352 e. The van der Waals surface area contributed by atoms with E-state index in [4.69, 9.17) is 0 Å². The molecule has 1 atom stereocenters. The van der Waals surface area contributed by atoms with Crippen LogP contribution in [0.1, 0.15) is 75.0 Å². The highest BCUT2D eigenvalue weighted by Gasteiger charge is 2.33. The van der Waals surface area contributed by atoms with Crippen molar-refractivity contribution in [3.8, 4) is 0 Å². The first-order valence-electron chi connectivity index (χ1n) is 14.1. The number of rotatable bonds is 12. The summed E-state index contributed by atoms with van der Waals surface area (Å²) in [6, 6.07) is 11.1. The lowest BCUT2D eigenvalue weighted by Gasteiger charge is -2.33. The number of hydrogen-bond donors (Lipinski definition) is 1. The van der Waals surface area contributed by atoms with Gasteiger partial charge in [0, 0.05) is 25.6 Å². The molecule has 41 heavy (non-hydrogen) atoms. The number of carbonyl (C=O) groups is 2. The van der Waals surface area contributed by atoms with E-state index in [0.29, 0.717) is 6.42 Å². The number of alkyl halides is 3. The average molecular weight is 596 g/mol. The number of amides is 2. The third-order valence-corrected chi connectivity index (χ3v) is 8.75. The second-order valence-electron chi connectivity index (χ2n) is 10.7. The molecule has 2 aromatic rings. The van der Waals surface area contributed by atoms with E-state index in [1.807, 2.05) is 38.1 Å². The van der Waals surface area contributed by atoms with Gasteiger partial charge < -0.3 is 10.2 Å².